The smallest absolute Gasteiger partial charge is 0.266 e. The summed E-state index contributed by atoms with van der Waals surface area (Å²) >= 11 is 3.31. The van der Waals surface area contributed by atoms with E-state index in [-0.39, 0.29) is 17.1 Å². The minimum absolute atomic E-state index is 0.0367. The highest BCUT2D eigenvalue weighted by Crippen LogP contribution is 2.33. The van der Waals surface area contributed by atoms with Crippen molar-refractivity contribution >= 4 is 33.6 Å². The van der Waals surface area contributed by atoms with E-state index in [1.807, 2.05) is 39.0 Å². The Hall–Kier alpha value is -2.78. The highest BCUT2D eigenvalue weighted by atomic mass is 79.9. The number of aromatic hydroxyl groups is 1. The van der Waals surface area contributed by atoms with Crippen molar-refractivity contribution in [3.05, 3.63) is 56.6 Å². The van der Waals surface area contributed by atoms with E-state index in [2.05, 4.69) is 21.2 Å². The van der Waals surface area contributed by atoms with Crippen LogP contribution in [0.3, 0.4) is 0 Å². The Morgan fingerprint density at radius 2 is 1.85 bits per heavy atom. The molecule has 0 aliphatic carbocycles. The molecule has 2 N–H and O–H groups in total. The van der Waals surface area contributed by atoms with Crippen LogP contribution in [0.4, 0.5) is 5.69 Å². The molecule has 26 heavy (non-hydrogen) atoms. The Bertz CT molecular complexity index is 920. The van der Waals surface area contributed by atoms with Gasteiger partial charge in [-0.1, -0.05) is 33.6 Å². The molecule has 2 aromatic rings. The summed E-state index contributed by atoms with van der Waals surface area (Å²) in [7, 11) is 1.43. The summed E-state index contributed by atoms with van der Waals surface area (Å²) in [5.74, 6) is -0.283. The molecule has 0 aliphatic heterocycles. The molecular formula is C20H19BrN2O3. The van der Waals surface area contributed by atoms with Gasteiger partial charge in [0.1, 0.15) is 11.6 Å². The SMILES string of the molecule is COc1cc(/C=C(/C#N)C(=O)Nc2c(C)cc(C)cc2C)c(Br)cc1O. The second-order valence-electron chi connectivity index (χ2n) is 5.94. The van der Waals surface area contributed by atoms with Crippen molar-refractivity contribution in [3.63, 3.8) is 0 Å². The fourth-order valence-electron chi connectivity index (χ4n) is 2.69. The molecule has 0 fully saturated rings. The number of nitriles is 1. The number of methoxy groups -OCH3 is 1. The maximum Gasteiger partial charge on any atom is 0.266 e. The van der Waals surface area contributed by atoms with E-state index in [1.54, 1.807) is 6.07 Å². The number of hydrogen-bond donors (Lipinski definition) is 2. The molecule has 0 saturated heterocycles. The van der Waals surface area contributed by atoms with E-state index < -0.39 is 5.91 Å². The average molecular weight is 415 g/mol. The number of benzene rings is 2. The monoisotopic (exact) mass is 414 g/mol. The molecule has 0 spiro atoms. The number of amides is 1. The van der Waals surface area contributed by atoms with Crippen molar-refractivity contribution in [2.75, 3.05) is 12.4 Å². The van der Waals surface area contributed by atoms with Crippen LogP contribution in [0.5, 0.6) is 11.5 Å². The fourth-order valence-corrected chi connectivity index (χ4v) is 3.14. The van der Waals surface area contributed by atoms with Crippen LogP contribution in [0.2, 0.25) is 0 Å². The van der Waals surface area contributed by atoms with Crippen molar-refractivity contribution in [2.24, 2.45) is 0 Å². The summed E-state index contributed by atoms with van der Waals surface area (Å²) in [4.78, 5) is 12.6. The highest BCUT2D eigenvalue weighted by Gasteiger charge is 2.15. The Balaban J connectivity index is 2.39. The van der Waals surface area contributed by atoms with Crippen LogP contribution in [0.15, 0.2) is 34.3 Å². The third-order valence-electron chi connectivity index (χ3n) is 3.88. The van der Waals surface area contributed by atoms with Gasteiger partial charge in [-0.25, -0.2) is 0 Å². The molecule has 0 aliphatic rings. The second kappa shape index (κ2) is 8.07. The van der Waals surface area contributed by atoms with Crippen LogP contribution in [-0.2, 0) is 4.79 Å². The lowest BCUT2D eigenvalue weighted by Gasteiger charge is -2.12. The van der Waals surface area contributed by atoms with E-state index in [0.29, 0.717) is 15.7 Å². The Morgan fingerprint density at radius 1 is 1.23 bits per heavy atom. The van der Waals surface area contributed by atoms with Crippen LogP contribution < -0.4 is 10.1 Å². The lowest BCUT2D eigenvalue weighted by atomic mass is 10.0. The lowest BCUT2D eigenvalue weighted by Crippen LogP contribution is -2.15. The molecule has 0 bridgehead atoms. The first-order chi connectivity index (χ1) is 12.3. The second-order valence-corrected chi connectivity index (χ2v) is 6.80. The molecule has 5 nitrogen and oxygen atoms in total. The van der Waals surface area contributed by atoms with E-state index >= 15 is 0 Å². The number of halogens is 1. The van der Waals surface area contributed by atoms with Gasteiger partial charge < -0.3 is 15.2 Å². The first kappa shape index (κ1) is 19.5. The van der Waals surface area contributed by atoms with Crippen LogP contribution in [-0.4, -0.2) is 18.1 Å². The number of phenols is 1. The van der Waals surface area contributed by atoms with Gasteiger partial charge in [-0.05, 0) is 55.7 Å². The first-order valence-electron chi connectivity index (χ1n) is 7.84. The Kier molecular flexibility index (Phi) is 6.06. The molecule has 0 heterocycles. The molecular weight excluding hydrogens is 396 g/mol. The Labute approximate surface area is 161 Å². The third-order valence-corrected chi connectivity index (χ3v) is 4.57. The molecule has 0 aromatic heterocycles. The zero-order valence-electron chi connectivity index (χ0n) is 15.0. The van der Waals surface area contributed by atoms with Gasteiger partial charge in [0.15, 0.2) is 11.5 Å². The number of hydrogen-bond acceptors (Lipinski definition) is 4. The molecule has 1 amide bonds. The molecule has 2 rings (SSSR count). The summed E-state index contributed by atoms with van der Waals surface area (Å²) in [6.07, 6.45) is 1.44. The Morgan fingerprint density at radius 3 is 2.38 bits per heavy atom. The molecule has 0 atom stereocenters. The van der Waals surface area contributed by atoms with Gasteiger partial charge >= 0.3 is 0 Å². The molecule has 0 unspecified atom stereocenters. The third kappa shape index (κ3) is 4.24. The lowest BCUT2D eigenvalue weighted by molar-refractivity contribution is -0.112. The minimum atomic E-state index is -0.499. The topological polar surface area (TPSA) is 82.3 Å². The van der Waals surface area contributed by atoms with E-state index in [1.165, 1.54) is 19.3 Å². The molecule has 2 aromatic carbocycles. The van der Waals surface area contributed by atoms with E-state index in [0.717, 1.165) is 16.7 Å². The molecule has 0 radical (unpaired) electrons. The van der Waals surface area contributed by atoms with Gasteiger partial charge in [0, 0.05) is 10.2 Å². The number of carbonyl (C=O) groups is 1. The molecule has 134 valence electrons. The van der Waals surface area contributed by atoms with Gasteiger partial charge in [0.2, 0.25) is 0 Å². The first-order valence-corrected chi connectivity index (χ1v) is 8.63. The fraction of sp³-hybridized carbons (Fsp3) is 0.200. The maximum absolute atomic E-state index is 12.6. The standard InChI is InChI=1S/C20H19BrN2O3/c1-11-5-12(2)19(13(3)6-11)23-20(25)15(10-22)7-14-8-18(26-4)17(24)9-16(14)21/h5-9,24H,1-4H3,(H,23,25)/b15-7-. The number of phenolic OH excluding ortho intramolecular Hbond substituents is 1. The summed E-state index contributed by atoms with van der Waals surface area (Å²) in [5, 5.41) is 22.0. The van der Waals surface area contributed by atoms with Crippen molar-refractivity contribution < 1.29 is 14.6 Å². The maximum atomic E-state index is 12.6. The predicted octanol–water partition coefficient (Wildman–Crippen LogP) is 4.63. The number of carbonyl (C=O) groups excluding carboxylic acids is 1. The number of rotatable bonds is 4. The highest BCUT2D eigenvalue weighted by molar-refractivity contribution is 9.10. The van der Waals surface area contributed by atoms with Gasteiger partial charge in [-0.2, -0.15) is 5.26 Å². The van der Waals surface area contributed by atoms with Gasteiger partial charge in [-0.3, -0.25) is 4.79 Å². The minimum Gasteiger partial charge on any atom is -0.504 e. The quantitative estimate of drug-likeness (QED) is 0.563. The molecule has 6 heteroatoms. The largest absolute Gasteiger partial charge is 0.504 e. The van der Waals surface area contributed by atoms with Crippen molar-refractivity contribution in [1.29, 1.82) is 5.26 Å². The van der Waals surface area contributed by atoms with Crippen molar-refractivity contribution in [1.82, 2.24) is 0 Å². The van der Waals surface area contributed by atoms with Crippen LogP contribution in [0, 0.1) is 32.1 Å². The summed E-state index contributed by atoms with van der Waals surface area (Å²) in [5.41, 5.74) is 4.15. The summed E-state index contributed by atoms with van der Waals surface area (Å²) in [6.45, 7) is 5.81. The normalized spacial score (nSPS) is 11.0. The predicted molar refractivity (Wildman–Crippen MR) is 105 cm³/mol. The van der Waals surface area contributed by atoms with E-state index in [4.69, 9.17) is 4.74 Å². The van der Waals surface area contributed by atoms with Crippen LogP contribution >= 0.6 is 15.9 Å². The van der Waals surface area contributed by atoms with Gasteiger partial charge in [0.25, 0.3) is 5.91 Å². The van der Waals surface area contributed by atoms with Crippen molar-refractivity contribution in [2.45, 2.75) is 20.8 Å². The number of aryl methyl sites for hydroxylation is 3. The van der Waals surface area contributed by atoms with Crippen LogP contribution in [0.1, 0.15) is 22.3 Å². The summed E-state index contributed by atoms with van der Waals surface area (Å²) < 4.78 is 5.61. The number of nitrogens with one attached hydrogen (secondary N) is 1. The van der Waals surface area contributed by atoms with Gasteiger partial charge in [-0.15, -0.1) is 0 Å². The van der Waals surface area contributed by atoms with E-state index in [9.17, 15) is 15.2 Å². The number of anilines is 1. The van der Waals surface area contributed by atoms with Crippen molar-refractivity contribution in [3.8, 4) is 17.6 Å². The average Bonchev–Trinajstić information content (AvgIpc) is 2.57. The van der Waals surface area contributed by atoms with Gasteiger partial charge in [0.05, 0.1) is 7.11 Å². The number of nitrogens with zero attached hydrogens (tertiary/aromatic N) is 1. The zero-order chi connectivity index (χ0) is 19.4. The molecule has 0 saturated carbocycles. The summed E-state index contributed by atoms with van der Waals surface area (Å²) in [6, 6.07) is 8.87. The number of ether oxygens (including phenoxy) is 1. The van der Waals surface area contributed by atoms with Crippen LogP contribution in [0.25, 0.3) is 6.08 Å². The zero-order valence-corrected chi connectivity index (χ0v) is 16.6.